The van der Waals surface area contributed by atoms with Crippen molar-refractivity contribution in [3.05, 3.63) is 39.8 Å². The molecule has 1 fully saturated rings. The summed E-state index contributed by atoms with van der Waals surface area (Å²) in [7, 11) is 0. The van der Waals surface area contributed by atoms with E-state index in [1.807, 2.05) is 11.3 Å². The van der Waals surface area contributed by atoms with Crippen LogP contribution in [-0.2, 0) is 0 Å². The Morgan fingerprint density at radius 2 is 2.24 bits per heavy atom. The highest BCUT2D eigenvalue weighted by molar-refractivity contribution is 5.49. The average Bonchev–Trinajstić information content (AvgIpc) is 2.92. The molecular weight excluding hydrogens is 218 g/mol. The maximum atomic E-state index is 10.7. The minimum Gasteiger partial charge on any atom is -0.297 e. The Labute approximate surface area is 98.2 Å². The lowest BCUT2D eigenvalue weighted by molar-refractivity contribution is -0.385. The highest BCUT2D eigenvalue weighted by Crippen LogP contribution is 2.47. The molecule has 2 heterocycles. The van der Waals surface area contributed by atoms with Crippen molar-refractivity contribution in [2.24, 2.45) is 5.92 Å². The largest absolute Gasteiger partial charge is 0.297 e. The van der Waals surface area contributed by atoms with Crippen molar-refractivity contribution in [2.75, 3.05) is 0 Å². The summed E-state index contributed by atoms with van der Waals surface area (Å²) in [6.45, 7) is 4.18. The van der Waals surface area contributed by atoms with Gasteiger partial charge in [0.2, 0.25) is 0 Å². The zero-order chi connectivity index (χ0) is 12.2. The van der Waals surface area contributed by atoms with Gasteiger partial charge in [0.15, 0.2) is 0 Å². The third-order valence-corrected chi connectivity index (χ3v) is 3.55. The molecule has 2 atom stereocenters. The second kappa shape index (κ2) is 3.29. The van der Waals surface area contributed by atoms with Gasteiger partial charge in [0.1, 0.15) is 5.65 Å². The van der Waals surface area contributed by atoms with Crippen LogP contribution in [0.25, 0.3) is 5.65 Å². The van der Waals surface area contributed by atoms with Gasteiger partial charge in [0, 0.05) is 17.7 Å². The van der Waals surface area contributed by atoms with E-state index in [0.29, 0.717) is 11.8 Å². The molecule has 1 aliphatic rings. The predicted molar refractivity (Wildman–Crippen MR) is 63.1 cm³/mol. The van der Waals surface area contributed by atoms with Gasteiger partial charge in [-0.25, -0.2) is 4.98 Å². The predicted octanol–water partition coefficient (Wildman–Crippen LogP) is 2.67. The lowest BCUT2D eigenvalue weighted by Gasteiger charge is -1.97. The average molecular weight is 231 g/mol. The summed E-state index contributed by atoms with van der Waals surface area (Å²) in [4.78, 5) is 14.9. The van der Waals surface area contributed by atoms with Crippen molar-refractivity contribution in [3.8, 4) is 0 Å². The van der Waals surface area contributed by atoms with Gasteiger partial charge in [-0.05, 0) is 25.3 Å². The molecule has 17 heavy (non-hydrogen) atoms. The molecule has 5 heteroatoms. The molecule has 88 valence electrons. The van der Waals surface area contributed by atoms with Crippen molar-refractivity contribution in [2.45, 2.75) is 26.2 Å². The summed E-state index contributed by atoms with van der Waals surface area (Å²) in [5.41, 5.74) is 3.02. The molecule has 1 saturated carbocycles. The first-order chi connectivity index (χ1) is 8.08. The molecule has 0 aromatic carbocycles. The number of fused-ring (bicyclic) bond motifs is 1. The van der Waals surface area contributed by atoms with Crippen LogP contribution < -0.4 is 0 Å². The van der Waals surface area contributed by atoms with Crippen molar-refractivity contribution < 1.29 is 4.92 Å². The minimum absolute atomic E-state index is 0.105. The van der Waals surface area contributed by atoms with E-state index >= 15 is 0 Å². The van der Waals surface area contributed by atoms with Crippen molar-refractivity contribution in [1.82, 2.24) is 9.38 Å². The van der Waals surface area contributed by atoms with Crippen LogP contribution in [0.3, 0.4) is 0 Å². The van der Waals surface area contributed by atoms with Gasteiger partial charge < -0.3 is 0 Å². The Balaban J connectivity index is 2.16. The summed E-state index contributed by atoms with van der Waals surface area (Å²) in [5, 5.41) is 10.7. The molecule has 0 radical (unpaired) electrons. The molecule has 0 bridgehead atoms. The molecule has 0 saturated heterocycles. The minimum atomic E-state index is -0.377. The molecule has 0 aliphatic heterocycles. The van der Waals surface area contributed by atoms with E-state index < -0.39 is 0 Å². The first kappa shape index (κ1) is 10.3. The number of hydrogen-bond acceptors (Lipinski definition) is 3. The normalized spacial score (nSPS) is 22.9. The van der Waals surface area contributed by atoms with Crippen LogP contribution in [0.15, 0.2) is 18.3 Å². The summed E-state index contributed by atoms with van der Waals surface area (Å²) < 4.78 is 1.82. The molecule has 5 nitrogen and oxygen atoms in total. The van der Waals surface area contributed by atoms with Crippen molar-refractivity contribution in [1.29, 1.82) is 0 Å². The Hall–Kier alpha value is -1.91. The third-order valence-electron chi connectivity index (χ3n) is 3.55. The molecule has 0 N–H and O–H groups in total. The fraction of sp³-hybridized carbons (Fsp3) is 0.417. The van der Waals surface area contributed by atoms with E-state index in [1.165, 1.54) is 12.5 Å². The fourth-order valence-electron chi connectivity index (χ4n) is 2.33. The number of nitrogens with zero attached hydrogens (tertiary/aromatic N) is 3. The topological polar surface area (TPSA) is 60.4 Å². The van der Waals surface area contributed by atoms with E-state index in [9.17, 15) is 10.1 Å². The number of pyridine rings is 1. The molecular formula is C12H13N3O2. The lowest BCUT2D eigenvalue weighted by Crippen LogP contribution is -1.93. The number of aryl methyl sites for hydroxylation is 1. The van der Waals surface area contributed by atoms with Crippen LogP contribution in [0.2, 0.25) is 0 Å². The van der Waals surface area contributed by atoms with E-state index in [1.54, 1.807) is 12.3 Å². The van der Waals surface area contributed by atoms with Crippen LogP contribution in [0, 0.1) is 23.0 Å². The molecule has 0 unspecified atom stereocenters. The number of imidazole rings is 1. The molecule has 2 aromatic rings. The Bertz CT molecular complexity index is 617. The van der Waals surface area contributed by atoms with E-state index in [-0.39, 0.29) is 10.6 Å². The number of rotatable bonds is 2. The Morgan fingerprint density at radius 3 is 2.82 bits per heavy atom. The molecule has 0 amide bonds. The van der Waals surface area contributed by atoms with Crippen LogP contribution in [-0.4, -0.2) is 14.3 Å². The van der Waals surface area contributed by atoms with Crippen LogP contribution in [0.5, 0.6) is 0 Å². The first-order valence-corrected chi connectivity index (χ1v) is 5.71. The summed E-state index contributed by atoms with van der Waals surface area (Å²) in [6, 6.07) is 3.21. The maximum absolute atomic E-state index is 10.7. The van der Waals surface area contributed by atoms with Gasteiger partial charge in [-0.15, -0.1) is 0 Å². The van der Waals surface area contributed by atoms with E-state index in [4.69, 9.17) is 0 Å². The molecule has 1 aliphatic carbocycles. The van der Waals surface area contributed by atoms with Gasteiger partial charge in [0.25, 0.3) is 5.69 Å². The van der Waals surface area contributed by atoms with Gasteiger partial charge in [-0.1, -0.05) is 6.92 Å². The SMILES string of the molecule is Cc1c([C@@H]2C[C@H]2C)nc2ccc([N+](=O)[O-])cn12. The molecule has 3 rings (SSSR count). The second-order valence-corrected chi connectivity index (χ2v) is 4.77. The zero-order valence-corrected chi connectivity index (χ0v) is 9.75. The standard InChI is InChI=1S/C12H13N3O2/c1-7-5-10(7)12-8(2)14-6-9(15(16)17)3-4-11(14)13-12/h3-4,6-7,10H,5H2,1-2H3/t7-,10-/m1/s1. The Kier molecular flexibility index (Phi) is 1.98. The highest BCUT2D eigenvalue weighted by atomic mass is 16.6. The maximum Gasteiger partial charge on any atom is 0.286 e. The first-order valence-electron chi connectivity index (χ1n) is 5.71. The summed E-state index contributed by atoms with van der Waals surface area (Å²) >= 11 is 0. The second-order valence-electron chi connectivity index (χ2n) is 4.77. The molecule has 2 aromatic heterocycles. The summed E-state index contributed by atoms with van der Waals surface area (Å²) in [6.07, 6.45) is 2.72. The summed E-state index contributed by atoms with van der Waals surface area (Å²) in [5.74, 6) is 1.22. The smallest absolute Gasteiger partial charge is 0.286 e. The van der Waals surface area contributed by atoms with Crippen LogP contribution in [0.1, 0.15) is 30.7 Å². The van der Waals surface area contributed by atoms with E-state index in [2.05, 4.69) is 11.9 Å². The lowest BCUT2D eigenvalue weighted by atomic mass is 10.2. The van der Waals surface area contributed by atoms with Crippen LogP contribution in [0.4, 0.5) is 5.69 Å². The van der Waals surface area contributed by atoms with Gasteiger partial charge in [0.05, 0.1) is 16.8 Å². The highest BCUT2D eigenvalue weighted by Gasteiger charge is 2.37. The Morgan fingerprint density at radius 1 is 1.53 bits per heavy atom. The number of hydrogen-bond donors (Lipinski definition) is 0. The monoisotopic (exact) mass is 231 g/mol. The zero-order valence-electron chi connectivity index (χ0n) is 9.75. The number of nitro groups is 1. The van der Waals surface area contributed by atoms with Gasteiger partial charge >= 0.3 is 0 Å². The van der Waals surface area contributed by atoms with Crippen LogP contribution >= 0.6 is 0 Å². The molecule has 0 spiro atoms. The van der Waals surface area contributed by atoms with Crippen molar-refractivity contribution >= 4 is 11.3 Å². The quantitative estimate of drug-likeness (QED) is 0.589. The van der Waals surface area contributed by atoms with Gasteiger partial charge in [-0.3, -0.25) is 14.5 Å². The number of aromatic nitrogens is 2. The third kappa shape index (κ3) is 1.50. The van der Waals surface area contributed by atoms with Crippen molar-refractivity contribution in [3.63, 3.8) is 0 Å². The van der Waals surface area contributed by atoms with E-state index in [0.717, 1.165) is 17.0 Å². The fourth-order valence-corrected chi connectivity index (χ4v) is 2.33. The van der Waals surface area contributed by atoms with Gasteiger partial charge in [-0.2, -0.15) is 0 Å².